The highest BCUT2D eigenvalue weighted by Gasteiger charge is 2.30. The van der Waals surface area contributed by atoms with Crippen LogP contribution in [0.4, 0.5) is 0 Å². The predicted molar refractivity (Wildman–Crippen MR) is 105 cm³/mol. The van der Waals surface area contributed by atoms with Crippen LogP contribution in [0.2, 0.25) is 10.0 Å². The zero-order chi connectivity index (χ0) is 20.9. The number of phenolic OH excluding ortho intramolecular Hbond substituents is 1. The zero-order valence-electron chi connectivity index (χ0n) is 15.1. The van der Waals surface area contributed by atoms with Crippen LogP contribution in [-0.2, 0) is 30.4 Å². The van der Waals surface area contributed by atoms with Gasteiger partial charge in [-0.3, -0.25) is 4.79 Å². The van der Waals surface area contributed by atoms with Gasteiger partial charge in [0.1, 0.15) is 11.8 Å². The van der Waals surface area contributed by atoms with Crippen molar-refractivity contribution in [3.63, 3.8) is 0 Å². The zero-order valence-corrected chi connectivity index (χ0v) is 17.5. The number of halogens is 2. The lowest BCUT2D eigenvalue weighted by molar-refractivity contribution is -0.161. The molecule has 0 radical (unpaired) electrons. The molecule has 0 amide bonds. The fourth-order valence-electron chi connectivity index (χ4n) is 2.34. The van der Waals surface area contributed by atoms with Gasteiger partial charge >= 0.3 is 16.1 Å². The summed E-state index contributed by atoms with van der Waals surface area (Å²) in [6.45, 7) is 1.76. The number of carbonyl (C=O) groups excluding carboxylic acids is 1. The molecule has 0 aliphatic carbocycles. The Morgan fingerprint density at radius 1 is 1.14 bits per heavy atom. The summed E-state index contributed by atoms with van der Waals surface area (Å²) in [4.78, 5) is 12.1. The average Bonchev–Trinajstić information content (AvgIpc) is 2.63. The summed E-state index contributed by atoms with van der Waals surface area (Å²) in [5, 5.41) is 10.6. The molecule has 1 atom stereocenters. The Morgan fingerprint density at radius 3 is 2.36 bits per heavy atom. The molecule has 0 spiro atoms. The standard InChI is InChI=1S/C18H19Cl2NO6S/c1-3-26-18(23)17(10-12-4-6-13(22)7-5-12)21(2)27-28(24,25)14-8-9-15(19)16(20)11-14/h4-9,11,17,22H,3,10H2,1-2H3/t17-/m0/s1. The van der Waals surface area contributed by atoms with Crippen molar-refractivity contribution in [2.45, 2.75) is 24.3 Å². The van der Waals surface area contributed by atoms with Gasteiger partial charge < -0.3 is 9.84 Å². The average molecular weight is 448 g/mol. The topological polar surface area (TPSA) is 93.1 Å². The number of hydrogen-bond donors (Lipinski definition) is 1. The van der Waals surface area contributed by atoms with E-state index in [0.717, 1.165) is 11.1 Å². The third-order valence-electron chi connectivity index (χ3n) is 3.76. The molecule has 0 unspecified atom stereocenters. The lowest BCUT2D eigenvalue weighted by Crippen LogP contribution is -2.42. The van der Waals surface area contributed by atoms with Gasteiger partial charge in [-0.25, -0.2) is 0 Å². The van der Waals surface area contributed by atoms with Crippen LogP contribution in [0.1, 0.15) is 12.5 Å². The molecule has 152 valence electrons. The lowest BCUT2D eigenvalue weighted by atomic mass is 10.1. The van der Waals surface area contributed by atoms with Gasteiger partial charge in [0.05, 0.1) is 21.5 Å². The number of esters is 1. The molecule has 7 nitrogen and oxygen atoms in total. The summed E-state index contributed by atoms with van der Waals surface area (Å²) < 4.78 is 35.2. The van der Waals surface area contributed by atoms with Crippen LogP contribution in [0.15, 0.2) is 47.4 Å². The van der Waals surface area contributed by atoms with E-state index >= 15 is 0 Å². The fourth-order valence-corrected chi connectivity index (χ4v) is 3.70. The van der Waals surface area contributed by atoms with Gasteiger partial charge in [-0.05, 0) is 42.8 Å². The van der Waals surface area contributed by atoms with Gasteiger partial charge in [-0.2, -0.15) is 17.8 Å². The van der Waals surface area contributed by atoms with E-state index in [-0.39, 0.29) is 33.7 Å². The highest BCUT2D eigenvalue weighted by molar-refractivity contribution is 7.86. The van der Waals surface area contributed by atoms with E-state index in [1.807, 2.05) is 0 Å². The molecular formula is C18H19Cl2NO6S. The Morgan fingerprint density at radius 2 is 1.79 bits per heavy atom. The smallest absolute Gasteiger partial charge is 0.326 e. The summed E-state index contributed by atoms with van der Waals surface area (Å²) in [6.07, 6.45) is 0.104. The molecule has 10 heteroatoms. The molecule has 0 aliphatic rings. The first kappa shape index (κ1) is 22.4. The van der Waals surface area contributed by atoms with Gasteiger partial charge in [0.2, 0.25) is 0 Å². The minimum atomic E-state index is -4.26. The van der Waals surface area contributed by atoms with Crippen molar-refractivity contribution in [3.05, 3.63) is 58.1 Å². The Balaban J connectivity index is 2.25. The highest BCUT2D eigenvalue weighted by Crippen LogP contribution is 2.26. The molecular weight excluding hydrogens is 429 g/mol. The number of rotatable bonds is 8. The minimum absolute atomic E-state index is 0.0556. The Kier molecular flexibility index (Phi) is 7.68. The second-order valence-corrected chi connectivity index (χ2v) is 8.13. The number of hydroxylamine groups is 2. The molecule has 0 fully saturated rings. The Labute approximate surface area is 173 Å². The first-order valence-corrected chi connectivity index (χ1v) is 10.4. The number of ether oxygens (including phenoxy) is 1. The third kappa shape index (κ3) is 5.83. The number of nitrogens with zero attached hydrogens (tertiary/aromatic N) is 1. The van der Waals surface area contributed by atoms with Crippen LogP contribution in [0.25, 0.3) is 0 Å². The van der Waals surface area contributed by atoms with Crippen LogP contribution < -0.4 is 0 Å². The predicted octanol–water partition coefficient (Wildman–Crippen LogP) is 3.43. The number of benzene rings is 2. The van der Waals surface area contributed by atoms with Crippen molar-refractivity contribution in [1.82, 2.24) is 5.06 Å². The third-order valence-corrected chi connectivity index (χ3v) is 5.76. The van der Waals surface area contributed by atoms with Gasteiger partial charge in [-0.15, -0.1) is 0 Å². The number of hydrogen-bond acceptors (Lipinski definition) is 7. The molecule has 28 heavy (non-hydrogen) atoms. The molecule has 2 aromatic carbocycles. The Bertz CT molecular complexity index is 934. The van der Waals surface area contributed by atoms with E-state index in [9.17, 15) is 18.3 Å². The van der Waals surface area contributed by atoms with E-state index in [0.29, 0.717) is 5.56 Å². The largest absolute Gasteiger partial charge is 0.508 e. The van der Waals surface area contributed by atoms with E-state index in [4.69, 9.17) is 32.2 Å². The summed E-state index contributed by atoms with van der Waals surface area (Å²) in [5.41, 5.74) is 0.679. The maximum atomic E-state index is 12.5. The summed E-state index contributed by atoms with van der Waals surface area (Å²) in [6, 6.07) is 8.85. The maximum Gasteiger partial charge on any atom is 0.326 e. The van der Waals surface area contributed by atoms with Crippen LogP contribution in [0.5, 0.6) is 5.75 Å². The van der Waals surface area contributed by atoms with Crippen molar-refractivity contribution >= 4 is 39.3 Å². The number of carbonyl (C=O) groups is 1. The monoisotopic (exact) mass is 447 g/mol. The molecule has 1 N–H and O–H groups in total. The molecule has 0 saturated heterocycles. The second-order valence-electron chi connectivity index (χ2n) is 5.79. The summed E-state index contributed by atoms with van der Waals surface area (Å²) in [5.74, 6) is -0.578. The van der Waals surface area contributed by atoms with Crippen LogP contribution >= 0.6 is 23.2 Å². The van der Waals surface area contributed by atoms with Crippen LogP contribution in [-0.4, -0.2) is 44.3 Å². The van der Waals surface area contributed by atoms with E-state index in [1.54, 1.807) is 19.1 Å². The summed E-state index contributed by atoms with van der Waals surface area (Å²) >= 11 is 11.7. The molecule has 0 saturated carbocycles. The molecule has 0 heterocycles. The van der Waals surface area contributed by atoms with Crippen molar-refractivity contribution < 1.29 is 27.3 Å². The van der Waals surface area contributed by atoms with Crippen LogP contribution in [0.3, 0.4) is 0 Å². The SMILES string of the molecule is CCOC(=O)[C@H](Cc1ccc(O)cc1)N(C)OS(=O)(=O)c1ccc(Cl)c(Cl)c1. The van der Waals surface area contributed by atoms with E-state index < -0.39 is 22.1 Å². The number of aromatic hydroxyl groups is 1. The molecule has 2 rings (SSSR count). The minimum Gasteiger partial charge on any atom is -0.508 e. The van der Waals surface area contributed by atoms with Crippen molar-refractivity contribution in [3.8, 4) is 5.75 Å². The Hall–Kier alpha value is -1.84. The number of phenols is 1. The molecule has 0 aromatic heterocycles. The highest BCUT2D eigenvalue weighted by atomic mass is 35.5. The first-order chi connectivity index (χ1) is 13.1. The van der Waals surface area contributed by atoms with E-state index in [1.165, 1.54) is 31.3 Å². The van der Waals surface area contributed by atoms with Crippen molar-refractivity contribution in [1.29, 1.82) is 0 Å². The molecule has 0 aliphatic heterocycles. The van der Waals surface area contributed by atoms with Gasteiger partial charge in [0, 0.05) is 13.5 Å². The maximum absolute atomic E-state index is 12.5. The van der Waals surface area contributed by atoms with Crippen molar-refractivity contribution in [2.75, 3.05) is 13.7 Å². The van der Waals surface area contributed by atoms with Gasteiger partial charge in [0.15, 0.2) is 0 Å². The first-order valence-electron chi connectivity index (χ1n) is 8.21. The normalized spacial score (nSPS) is 12.8. The van der Waals surface area contributed by atoms with Crippen LogP contribution in [0, 0.1) is 0 Å². The molecule has 2 aromatic rings. The lowest BCUT2D eigenvalue weighted by Gasteiger charge is -2.25. The fraction of sp³-hybridized carbons (Fsp3) is 0.278. The van der Waals surface area contributed by atoms with Crippen molar-refractivity contribution in [2.24, 2.45) is 0 Å². The second kappa shape index (κ2) is 9.58. The summed E-state index contributed by atoms with van der Waals surface area (Å²) in [7, 11) is -2.94. The quantitative estimate of drug-likeness (QED) is 0.489. The van der Waals surface area contributed by atoms with Gasteiger partial charge in [0.25, 0.3) is 0 Å². The van der Waals surface area contributed by atoms with E-state index in [2.05, 4.69) is 0 Å². The van der Waals surface area contributed by atoms with Gasteiger partial charge in [-0.1, -0.05) is 35.3 Å². The number of likely N-dealkylation sites (N-methyl/N-ethyl adjacent to an activating group) is 1. The molecule has 0 bridgehead atoms.